The van der Waals surface area contributed by atoms with Crippen LogP contribution in [0.15, 0.2) is 48.5 Å². The number of hydrogen-bond donors (Lipinski definition) is 3. The number of carbonyl (C=O) groups is 2. The smallest absolute Gasteiger partial charge is 0.323 e. The molecular formula is C24H29FN2O5. The van der Waals surface area contributed by atoms with Gasteiger partial charge in [-0.2, -0.15) is 0 Å². The van der Waals surface area contributed by atoms with Gasteiger partial charge in [-0.3, -0.25) is 9.59 Å². The van der Waals surface area contributed by atoms with E-state index in [1.54, 1.807) is 37.4 Å². The van der Waals surface area contributed by atoms with Crippen molar-refractivity contribution in [2.24, 2.45) is 5.92 Å². The first kappa shape index (κ1) is 23.5. The number of halogens is 1. The lowest BCUT2D eigenvalue weighted by Gasteiger charge is -2.26. The Morgan fingerprint density at radius 2 is 1.84 bits per heavy atom. The van der Waals surface area contributed by atoms with Crippen LogP contribution in [0.1, 0.15) is 31.2 Å². The molecule has 0 bridgehead atoms. The number of hydrogen-bond acceptors (Lipinski definition) is 5. The summed E-state index contributed by atoms with van der Waals surface area (Å²) in [7, 11) is 1.55. The Kier molecular flexibility index (Phi) is 8.05. The van der Waals surface area contributed by atoms with Crippen LogP contribution in [0.4, 0.5) is 10.1 Å². The molecule has 0 saturated heterocycles. The van der Waals surface area contributed by atoms with Crippen molar-refractivity contribution in [3.63, 3.8) is 0 Å². The molecule has 1 saturated carbocycles. The predicted molar refractivity (Wildman–Crippen MR) is 118 cm³/mol. The summed E-state index contributed by atoms with van der Waals surface area (Å²) in [5, 5.41) is 23.1. The molecule has 172 valence electrons. The van der Waals surface area contributed by atoms with Crippen LogP contribution in [0.3, 0.4) is 0 Å². The van der Waals surface area contributed by atoms with Gasteiger partial charge in [-0.15, -0.1) is 0 Å². The van der Waals surface area contributed by atoms with Crippen molar-refractivity contribution in [2.75, 3.05) is 19.0 Å². The largest absolute Gasteiger partial charge is 0.497 e. The van der Waals surface area contributed by atoms with Gasteiger partial charge in [0.25, 0.3) is 0 Å². The maximum Gasteiger partial charge on any atom is 0.323 e. The number of ether oxygens (including phenoxy) is 1. The minimum absolute atomic E-state index is 0.165. The van der Waals surface area contributed by atoms with Crippen LogP contribution < -0.4 is 10.1 Å². The molecule has 2 aromatic rings. The molecule has 8 heteroatoms. The van der Waals surface area contributed by atoms with Crippen LogP contribution in [0.2, 0.25) is 0 Å². The Morgan fingerprint density at radius 1 is 1.12 bits per heavy atom. The van der Waals surface area contributed by atoms with Gasteiger partial charge < -0.3 is 25.2 Å². The van der Waals surface area contributed by atoms with Gasteiger partial charge in [0.2, 0.25) is 5.91 Å². The fraction of sp³-hybridized carbons (Fsp3) is 0.417. The van der Waals surface area contributed by atoms with Gasteiger partial charge in [0.15, 0.2) is 0 Å². The number of nitrogens with zero attached hydrogens (tertiary/aromatic N) is 1. The number of carboxylic acids is 1. The minimum Gasteiger partial charge on any atom is -0.497 e. The van der Waals surface area contributed by atoms with E-state index in [-0.39, 0.29) is 30.2 Å². The summed E-state index contributed by atoms with van der Waals surface area (Å²) in [6, 6.07) is 12.8. The molecule has 3 rings (SSSR count). The van der Waals surface area contributed by atoms with Crippen molar-refractivity contribution >= 4 is 17.6 Å². The molecular weight excluding hydrogens is 415 g/mol. The van der Waals surface area contributed by atoms with Crippen LogP contribution >= 0.6 is 0 Å². The van der Waals surface area contributed by atoms with Gasteiger partial charge >= 0.3 is 5.97 Å². The standard InChI is InChI=1S/C24H29FN2O5/c1-32-20-4-2-3-16(13-20)14-27(15-23(29)30)24(31)17-5-11-21(22(28)12-6-17)26-19-9-7-18(25)8-10-19/h2-4,7-10,13,17,21-22,26,28H,5-6,11-12,14-15H2,1H3,(H,29,30)/t17-,21+,22+/m1/s1. The number of amides is 1. The molecule has 0 radical (unpaired) electrons. The summed E-state index contributed by atoms with van der Waals surface area (Å²) < 4.78 is 18.4. The second kappa shape index (κ2) is 10.9. The molecule has 1 amide bonds. The summed E-state index contributed by atoms with van der Waals surface area (Å²) >= 11 is 0. The SMILES string of the molecule is COc1cccc(CN(CC(=O)O)C(=O)[C@@H]2CC[C@H](Nc3ccc(F)cc3)[C@@H](O)CC2)c1. The van der Waals surface area contributed by atoms with Gasteiger partial charge in [-0.05, 0) is 67.6 Å². The Hall–Kier alpha value is -3.13. The first-order valence-corrected chi connectivity index (χ1v) is 10.7. The van der Waals surface area contributed by atoms with Crippen LogP contribution in [-0.2, 0) is 16.1 Å². The minimum atomic E-state index is -1.08. The Morgan fingerprint density at radius 3 is 2.53 bits per heavy atom. The third-order valence-corrected chi connectivity index (χ3v) is 5.79. The molecule has 0 aromatic heterocycles. The number of methoxy groups -OCH3 is 1. The number of aliphatic hydroxyl groups excluding tert-OH is 1. The van der Waals surface area contributed by atoms with Crippen LogP contribution in [-0.4, -0.2) is 52.8 Å². The molecule has 1 fully saturated rings. The summed E-state index contributed by atoms with van der Waals surface area (Å²) in [5.74, 6) is -1.39. The Bertz CT molecular complexity index is 921. The number of rotatable bonds is 8. The van der Waals surface area contributed by atoms with E-state index in [9.17, 15) is 24.2 Å². The van der Waals surface area contributed by atoms with Crippen LogP contribution in [0, 0.1) is 11.7 Å². The molecule has 0 unspecified atom stereocenters. The van der Waals surface area contributed by atoms with E-state index in [0.717, 1.165) is 5.56 Å². The lowest BCUT2D eigenvalue weighted by atomic mass is 9.98. The lowest BCUT2D eigenvalue weighted by molar-refractivity contribution is -0.147. The van der Waals surface area contributed by atoms with Crippen LogP contribution in [0.25, 0.3) is 0 Å². The maximum absolute atomic E-state index is 13.2. The molecule has 3 atom stereocenters. The molecule has 0 heterocycles. The molecule has 7 nitrogen and oxygen atoms in total. The lowest BCUT2D eigenvalue weighted by Crippen LogP contribution is -2.39. The van der Waals surface area contributed by atoms with Crippen molar-refractivity contribution in [3.8, 4) is 5.75 Å². The third-order valence-electron chi connectivity index (χ3n) is 5.79. The average molecular weight is 445 g/mol. The van der Waals surface area contributed by atoms with Gasteiger partial charge in [-0.1, -0.05) is 12.1 Å². The number of benzene rings is 2. The Balaban J connectivity index is 1.67. The first-order valence-electron chi connectivity index (χ1n) is 10.7. The highest BCUT2D eigenvalue weighted by Crippen LogP contribution is 2.28. The zero-order valence-electron chi connectivity index (χ0n) is 18.0. The number of carboxylic acid groups (broad SMARTS) is 1. The van der Waals surface area contributed by atoms with Gasteiger partial charge in [0.05, 0.1) is 19.3 Å². The zero-order valence-corrected chi connectivity index (χ0v) is 18.0. The molecule has 3 N–H and O–H groups in total. The molecule has 2 aromatic carbocycles. The normalized spacial score (nSPS) is 20.8. The monoisotopic (exact) mass is 444 g/mol. The van der Waals surface area contributed by atoms with Crippen molar-refractivity contribution in [3.05, 3.63) is 59.9 Å². The molecule has 1 aliphatic carbocycles. The highest BCUT2D eigenvalue weighted by Gasteiger charge is 2.32. The highest BCUT2D eigenvalue weighted by molar-refractivity contribution is 5.83. The summed E-state index contributed by atoms with van der Waals surface area (Å²) in [4.78, 5) is 26.0. The van der Waals surface area contributed by atoms with E-state index in [4.69, 9.17) is 4.74 Å². The highest BCUT2D eigenvalue weighted by atomic mass is 19.1. The number of aliphatic hydroxyl groups is 1. The van der Waals surface area contributed by atoms with E-state index in [2.05, 4.69) is 5.32 Å². The van der Waals surface area contributed by atoms with E-state index < -0.39 is 18.6 Å². The number of nitrogens with one attached hydrogen (secondary N) is 1. The fourth-order valence-corrected chi connectivity index (χ4v) is 4.09. The maximum atomic E-state index is 13.2. The zero-order chi connectivity index (χ0) is 23.1. The van der Waals surface area contributed by atoms with Crippen molar-refractivity contribution in [1.82, 2.24) is 4.90 Å². The Labute approximate surface area is 186 Å². The molecule has 0 aliphatic heterocycles. The number of carbonyl (C=O) groups excluding carboxylic acids is 1. The van der Waals surface area contributed by atoms with Crippen LogP contribution in [0.5, 0.6) is 5.75 Å². The second-order valence-corrected chi connectivity index (χ2v) is 8.12. The molecule has 1 aliphatic rings. The third kappa shape index (κ3) is 6.43. The van der Waals surface area contributed by atoms with Gasteiger partial charge in [0, 0.05) is 18.2 Å². The van der Waals surface area contributed by atoms with E-state index in [1.165, 1.54) is 17.0 Å². The van der Waals surface area contributed by atoms with E-state index >= 15 is 0 Å². The van der Waals surface area contributed by atoms with E-state index in [0.29, 0.717) is 37.1 Å². The van der Waals surface area contributed by atoms with Crippen molar-refractivity contribution < 1.29 is 28.9 Å². The predicted octanol–water partition coefficient (Wildman–Crippen LogP) is 3.28. The van der Waals surface area contributed by atoms with E-state index in [1.807, 2.05) is 6.07 Å². The van der Waals surface area contributed by atoms with Crippen molar-refractivity contribution in [2.45, 2.75) is 44.4 Å². The number of anilines is 1. The number of aliphatic carboxylic acids is 1. The second-order valence-electron chi connectivity index (χ2n) is 8.12. The van der Waals surface area contributed by atoms with Crippen molar-refractivity contribution in [1.29, 1.82) is 0 Å². The molecule has 0 spiro atoms. The topological polar surface area (TPSA) is 99.1 Å². The fourth-order valence-electron chi connectivity index (χ4n) is 4.09. The quantitative estimate of drug-likeness (QED) is 0.541. The summed E-state index contributed by atoms with van der Waals surface area (Å²) in [6.07, 6.45) is 1.27. The molecule has 32 heavy (non-hydrogen) atoms. The summed E-state index contributed by atoms with van der Waals surface area (Å²) in [6.45, 7) is -0.231. The van der Waals surface area contributed by atoms with Gasteiger partial charge in [0.1, 0.15) is 18.1 Å². The van der Waals surface area contributed by atoms with Gasteiger partial charge in [-0.25, -0.2) is 4.39 Å². The summed E-state index contributed by atoms with van der Waals surface area (Å²) in [5.41, 5.74) is 1.48. The first-order chi connectivity index (χ1) is 15.4. The average Bonchev–Trinajstić information content (AvgIpc) is 2.96.